The normalized spacial score (nSPS) is 25.6. The number of hydrogen-bond acceptors (Lipinski definition) is 1. The lowest BCUT2D eigenvalue weighted by atomic mass is 9.81. The smallest absolute Gasteiger partial charge is 0.0499 e. The van der Waals surface area contributed by atoms with Crippen LogP contribution in [0.3, 0.4) is 0 Å². The van der Waals surface area contributed by atoms with Gasteiger partial charge < -0.3 is 0 Å². The van der Waals surface area contributed by atoms with Crippen LogP contribution in [0.25, 0.3) is 0 Å². The van der Waals surface area contributed by atoms with Gasteiger partial charge in [0.25, 0.3) is 0 Å². The summed E-state index contributed by atoms with van der Waals surface area (Å²) in [5.74, 6) is 0.810. The molecular weight excluding hydrogens is 278 g/mol. The molecule has 130 valence electrons. The molecule has 0 aromatic carbocycles. The molecule has 3 aliphatic carbocycles. The minimum absolute atomic E-state index is 0.657. The zero-order valence-corrected chi connectivity index (χ0v) is 15.4. The van der Waals surface area contributed by atoms with Crippen molar-refractivity contribution < 1.29 is 0 Å². The molecule has 0 aromatic heterocycles. The Hall–Kier alpha value is -0.590. The maximum absolute atomic E-state index is 5.38. The van der Waals surface area contributed by atoms with Crippen LogP contribution in [0.4, 0.5) is 0 Å². The van der Waals surface area contributed by atoms with Gasteiger partial charge in [-0.05, 0) is 64.2 Å². The van der Waals surface area contributed by atoms with Crippen molar-refractivity contribution in [2.24, 2.45) is 10.9 Å². The van der Waals surface area contributed by atoms with Crippen molar-refractivity contribution in [2.45, 2.75) is 116 Å². The maximum atomic E-state index is 5.38. The van der Waals surface area contributed by atoms with E-state index in [1.165, 1.54) is 103 Å². The van der Waals surface area contributed by atoms with Crippen LogP contribution in [0.15, 0.2) is 16.1 Å². The van der Waals surface area contributed by atoms with Gasteiger partial charge in [-0.2, -0.15) is 0 Å². The van der Waals surface area contributed by atoms with Crippen molar-refractivity contribution in [3.8, 4) is 0 Å². The van der Waals surface area contributed by atoms with Gasteiger partial charge in [-0.1, -0.05) is 56.1 Å². The van der Waals surface area contributed by atoms with Crippen molar-refractivity contribution >= 4 is 5.71 Å². The molecule has 0 amide bonds. The molecule has 1 nitrogen and oxygen atoms in total. The van der Waals surface area contributed by atoms with Crippen LogP contribution >= 0.6 is 0 Å². The summed E-state index contributed by atoms with van der Waals surface area (Å²) < 4.78 is 0. The lowest BCUT2D eigenvalue weighted by Crippen LogP contribution is -2.22. The number of rotatable bonds is 4. The monoisotopic (exact) mass is 315 g/mol. The zero-order valence-electron chi connectivity index (χ0n) is 15.4. The standard InChI is InChI=1S/C22H37N/c1-18(19-11-5-2-6-12-19)17-22(20-13-7-3-8-14-20)23-21-15-9-4-10-16-21/h20-21H,2-17H2,1H3. The van der Waals surface area contributed by atoms with Crippen LogP contribution in [0.5, 0.6) is 0 Å². The van der Waals surface area contributed by atoms with Gasteiger partial charge in [-0.15, -0.1) is 0 Å². The van der Waals surface area contributed by atoms with Gasteiger partial charge >= 0.3 is 0 Å². The minimum atomic E-state index is 0.657. The average molecular weight is 316 g/mol. The molecule has 0 radical (unpaired) electrons. The van der Waals surface area contributed by atoms with Crippen LogP contribution in [-0.4, -0.2) is 11.8 Å². The second-order valence-electron chi connectivity index (χ2n) is 8.37. The Morgan fingerprint density at radius 1 is 0.783 bits per heavy atom. The van der Waals surface area contributed by atoms with E-state index in [0.717, 1.165) is 5.92 Å². The Kier molecular flexibility index (Phi) is 6.78. The number of allylic oxidation sites excluding steroid dienone is 2. The predicted molar refractivity (Wildman–Crippen MR) is 101 cm³/mol. The quantitative estimate of drug-likeness (QED) is 0.391. The first-order valence-corrected chi connectivity index (χ1v) is 10.6. The molecule has 0 aromatic rings. The Labute approximate surface area is 144 Å². The Balaban J connectivity index is 1.72. The molecule has 0 atom stereocenters. The molecule has 0 N–H and O–H groups in total. The third-order valence-electron chi connectivity index (χ3n) is 6.51. The second-order valence-corrected chi connectivity index (χ2v) is 8.37. The highest BCUT2D eigenvalue weighted by atomic mass is 14.8. The third-order valence-corrected chi connectivity index (χ3v) is 6.51. The van der Waals surface area contributed by atoms with Gasteiger partial charge in [0.05, 0.1) is 0 Å². The number of hydrogen-bond donors (Lipinski definition) is 0. The van der Waals surface area contributed by atoms with Gasteiger partial charge in [0.1, 0.15) is 0 Å². The highest BCUT2D eigenvalue weighted by Gasteiger charge is 2.22. The fourth-order valence-electron chi connectivity index (χ4n) is 4.98. The van der Waals surface area contributed by atoms with E-state index in [2.05, 4.69) is 6.92 Å². The molecule has 23 heavy (non-hydrogen) atoms. The maximum Gasteiger partial charge on any atom is 0.0499 e. The Bertz CT molecular complexity index is 411. The summed E-state index contributed by atoms with van der Waals surface area (Å²) in [6.07, 6.45) is 22.3. The Morgan fingerprint density at radius 3 is 2.00 bits per heavy atom. The van der Waals surface area contributed by atoms with Crippen molar-refractivity contribution in [1.29, 1.82) is 0 Å². The van der Waals surface area contributed by atoms with E-state index in [0.29, 0.717) is 6.04 Å². The molecule has 3 saturated carbocycles. The van der Waals surface area contributed by atoms with Gasteiger partial charge in [-0.25, -0.2) is 0 Å². The first kappa shape index (κ1) is 17.2. The lowest BCUT2D eigenvalue weighted by Gasteiger charge is -2.28. The highest BCUT2D eigenvalue weighted by molar-refractivity contribution is 5.89. The largest absolute Gasteiger partial charge is 0.290 e. The van der Waals surface area contributed by atoms with E-state index in [9.17, 15) is 0 Å². The van der Waals surface area contributed by atoms with E-state index in [-0.39, 0.29) is 0 Å². The summed E-state index contributed by atoms with van der Waals surface area (Å²) in [5, 5.41) is 0. The molecule has 0 heterocycles. The zero-order chi connectivity index (χ0) is 15.9. The second kappa shape index (κ2) is 9.04. The average Bonchev–Trinajstić information content (AvgIpc) is 2.63. The van der Waals surface area contributed by atoms with E-state index < -0.39 is 0 Å². The van der Waals surface area contributed by atoms with E-state index >= 15 is 0 Å². The van der Waals surface area contributed by atoms with E-state index in [1.54, 1.807) is 16.9 Å². The molecule has 3 rings (SSSR count). The summed E-state index contributed by atoms with van der Waals surface area (Å²) in [6, 6.07) is 0.657. The summed E-state index contributed by atoms with van der Waals surface area (Å²) in [4.78, 5) is 5.38. The summed E-state index contributed by atoms with van der Waals surface area (Å²) in [7, 11) is 0. The lowest BCUT2D eigenvalue weighted by molar-refractivity contribution is 0.419. The van der Waals surface area contributed by atoms with Gasteiger partial charge in [0, 0.05) is 18.2 Å². The van der Waals surface area contributed by atoms with E-state index in [4.69, 9.17) is 4.99 Å². The van der Waals surface area contributed by atoms with Crippen molar-refractivity contribution in [3.63, 3.8) is 0 Å². The fourth-order valence-corrected chi connectivity index (χ4v) is 4.98. The fraction of sp³-hybridized carbons (Fsp3) is 0.864. The topological polar surface area (TPSA) is 12.4 Å². The molecular formula is C22H37N. The van der Waals surface area contributed by atoms with Crippen LogP contribution in [0.2, 0.25) is 0 Å². The van der Waals surface area contributed by atoms with Crippen LogP contribution in [0.1, 0.15) is 110 Å². The summed E-state index contributed by atoms with van der Waals surface area (Å²) in [5.41, 5.74) is 5.07. The van der Waals surface area contributed by atoms with E-state index in [1.807, 2.05) is 0 Å². The van der Waals surface area contributed by atoms with Crippen LogP contribution in [-0.2, 0) is 0 Å². The van der Waals surface area contributed by atoms with Gasteiger partial charge in [0.2, 0.25) is 0 Å². The minimum Gasteiger partial charge on any atom is -0.290 e. The molecule has 0 aliphatic heterocycles. The van der Waals surface area contributed by atoms with Crippen LogP contribution < -0.4 is 0 Å². The number of nitrogens with zero attached hydrogens (tertiary/aromatic N) is 1. The van der Waals surface area contributed by atoms with Crippen LogP contribution in [0, 0.1) is 5.92 Å². The van der Waals surface area contributed by atoms with Crippen molar-refractivity contribution in [1.82, 2.24) is 0 Å². The van der Waals surface area contributed by atoms with Gasteiger partial charge in [0.15, 0.2) is 0 Å². The van der Waals surface area contributed by atoms with Crippen molar-refractivity contribution in [2.75, 3.05) is 0 Å². The third kappa shape index (κ3) is 5.19. The highest BCUT2D eigenvalue weighted by Crippen LogP contribution is 2.32. The van der Waals surface area contributed by atoms with Crippen molar-refractivity contribution in [3.05, 3.63) is 11.1 Å². The summed E-state index contributed by atoms with van der Waals surface area (Å²) >= 11 is 0. The molecule has 3 fully saturated rings. The molecule has 0 saturated heterocycles. The SMILES string of the molecule is CC(CC(=NC1CCCCC1)C1CCCCC1)=C1CCCCC1. The predicted octanol–water partition coefficient (Wildman–Crippen LogP) is 7.01. The molecule has 0 spiro atoms. The molecule has 1 heteroatoms. The molecule has 3 aliphatic rings. The Morgan fingerprint density at radius 2 is 1.35 bits per heavy atom. The molecule has 0 bridgehead atoms. The first-order valence-electron chi connectivity index (χ1n) is 10.6. The first-order chi connectivity index (χ1) is 11.3. The summed E-state index contributed by atoms with van der Waals surface area (Å²) in [6.45, 7) is 2.42. The number of aliphatic imine (C=N–C) groups is 1. The van der Waals surface area contributed by atoms with Gasteiger partial charge in [-0.3, -0.25) is 4.99 Å². The molecule has 0 unspecified atom stereocenters.